The van der Waals surface area contributed by atoms with Gasteiger partial charge in [0.15, 0.2) is 11.5 Å². The van der Waals surface area contributed by atoms with Crippen LogP contribution in [0.1, 0.15) is 28.5 Å². The van der Waals surface area contributed by atoms with Crippen molar-refractivity contribution in [3.63, 3.8) is 0 Å². The van der Waals surface area contributed by atoms with Crippen molar-refractivity contribution < 1.29 is 23.8 Å². The van der Waals surface area contributed by atoms with Crippen LogP contribution in [0.5, 0.6) is 17.2 Å². The highest BCUT2D eigenvalue weighted by Gasteiger charge is 2.28. The molecule has 8 heteroatoms. The van der Waals surface area contributed by atoms with E-state index in [4.69, 9.17) is 14.2 Å². The van der Waals surface area contributed by atoms with Crippen LogP contribution in [0.4, 0.5) is 0 Å². The van der Waals surface area contributed by atoms with Crippen LogP contribution in [0.25, 0.3) is 10.9 Å². The zero-order valence-electron chi connectivity index (χ0n) is 18.7. The maximum Gasteiger partial charge on any atom is 0.252 e. The third-order valence-electron chi connectivity index (χ3n) is 5.84. The van der Waals surface area contributed by atoms with Crippen LogP contribution in [-0.4, -0.2) is 55.6 Å². The van der Waals surface area contributed by atoms with Gasteiger partial charge < -0.3 is 29.4 Å². The molecule has 168 valence electrons. The van der Waals surface area contributed by atoms with E-state index in [0.29, 0.717) is 35.9 Å². The molecule has 2 amide bonds. The van der Waals surface area contributed by atoms with Crippen LogP contribution < -0.4 is 19.5 Å². The third-order valence-corrected chi connectivity index (χ3v) is 5.84. The minimum absolute atomic E-state index is 0.123. The number of carbonyl (C=O) groups is 2. The van der Waals surface area contributed by atoms with E-state index in [1.54, 1.807) is 24.0 Å². The molecule has 2 N–H and O–H groups in total. The second-order valence-corrected chi connectivity index (χ2v) is 7.75. The number of rotatable bonds is 6. The highest BCUT2D eigenvalue weighted by molar-refractivity contribution is 5.98. The lowest BCUT2D eigenvalue weighted by Crippen LogP contribution is -2.48. The van der Waals surface area contributed by atoms with E-state index in [2.05, 4.69) is 16.4 Å². The molecule has 3 aromatic rings. The number of carbonyl (C=O) groups excluding carboxylic acids is 2. The molecule has 1 aliphatic rings. The van der Waals surface area contributed by atoms with E-state index >= 15 is 0 Å². The van der Waals surface area contributed by atoms with E-state index < -0.39 is 11.9 Å². The predicted octanol–water partition coefficient (Wildman–Crippen LogP) is 2.90. The van der Waals surface area contributed by atoms with Crippen molar-refractivity contribution in [1.29, 1.82) is 0 Å². The molecule has 0 aliphatic carbocycles. The highest BCUT2D eigenvalue weighted by atomic mass is 16.5. The maximum atomic E-state index is 13.1. The van der Waals surface area contributed by atoms with Crippen LogP contribution in [0, 0.1) is 0 Å². The minimum Gasteiger partial charge on any atom is -0.493 e. The first-order valence-corrected chi connectivity index (χ1v) is 10.4. The number of nitrogens with zero attached hydrogens (tertiary/aromatic N) is 1. The molecule has 1 aromatic heterocycles. The van der Waals surface area contributed by atoms with Crippen molar-refractivity contribution in [2.75, 3.05) is 27.9 Å². The Morgan fingerprint density at radius 3 is 2.41 bits per heavy atom. The molecule has 1 aliphatic heterocycles. The van der Waals surface area contributed by atoms with Crippen molar-refractivity contribution in [1.82, 2.24) is 15.2 Å². The number of para-hydroxylation sites is 1. The van der Waals surface area contributed by atoms with Gasteiger partial charge >= 0.3 is 0 Å². The van der Waals surface area contributed by atoms with Gasteiger partial charge in [0.2, 0.25) is 11.7 Å². The second-order valence-electron chi connectivity index (χ2n) is 7.75. The number of aromatic amines is 1. The van der Waals surface area contributed by atoms with Crippen LogP contribution in [0.3, 0.4) is 0 Å². The topological polar surface area (TPSA) is 92.9 Å². The molecule has 0 bridgehead atoms. The summed E-state index contributed by atoms with van der Waals surface area (Å²) in [5.74, 6) is 0.632. The molecular formula is C24H27N3O5. The lowest BCUT2D eigenvalue weighted by Gasteiger charge is -2.30. The van der Waals surface area contributed by atoms with Crippen LogP contribution in [0.2, 0.25) is 0 Å². The molecule has 8 nitrogen and oxygen atoms in total. The number of benzene rings is 2. The summed E-state index contributed by atoms with van der Waals surface area (Å²) in [6, 6.07) is 10.5. The number of hydrogen-bond donors (Lipinski definition) is 2. The first-order chi connectivity index (χ1) is 15.5. The fourth-order valence-electron chi connectivity index (χ4n) is 4.18. The van der Waals surface area contributed by atoms with Crippen molar-refractivity contribution in [2.24, 2.45) is 0 Å². The number of amides is 2. The lowest BCUT2D eigenvalue weighted by molar-refractivity contribution is -0.133. The molecule has 2 aromatic carbocycles. The quantitative estimate of drug-likeness (QED) is 0.619. The lowest BCUT2D eigenvalue weighted by atomic mass is 10.0. The van der Waals surface area contributed by atoms with E-state index in [-0.39, 0.29) is 5.91 Å². The molecule has 1 atom stereocenters. The number of H-pyrrole nitrogens is 1. The maximum absolute atomic E-state index is 13.1. The fourth-order valence-corrected chi connectivity index (χ4v) is 4.18. The van der Waals surface area contributed by atoms with Crippen molar-refractivity contribution in [3.05, 3.63) is 53.2 Å². The van der Waals surface area contributed by atoms with E-state index in [1.807, 2.05) is 18.2 Å². The second kappa shape index (κ2) is 8.82. The zero-order valence-corrected chi connectivity index (χ0v) is 18.7. The number of nitrogens with one attached hydrogen (secondary N) is 2. The van der Waals surface area contributed by atoms with Gasteiger partial charge in [-0.2, -0.15) is 0 Å². The normalized spacial score (nSPS) is 13.9. The van der Waals surface area contributed by atoms with Gasteiger partial charge in [0.25, 0.3) is 5.91 Å². The zero-order chi connectivity index (χ0) is 22.8. The van der Waals surface area contributed by atoms with Gasteiger partial charge in [-0.25, -0.2) is 0 Å². The standard InChI is InChI=1S/C24H27N3O5/c1-14(25-23(28)15-11-20(30-2)22(32-4)21(12-15)31-3)24(29)27-10-9-19-17(13-27)16-7-5-6-8-18(16)26-19/h5-8,11-12,14,26H,9-10,13H2,1-4H3,(H,25,28)/t14-/m0/s1. The molecular weight excluding hydrogens is 410 g/mol. The van der Waals surface area contributed by atoms with Crippen LogP contribution >= 0.6 is 0 Å². The summed E-state index contributed by atoms with van der Waals surface area (Å²) in [5.41, 5.74) is 3.71. The Bertz CT molecular complexity index is 1140. The van der Waals surface area contributed by atoms with Gasteiger partial charge in [0, 0.05) is 47.2 Å². The van der Waals surface area contributed by atoms with Gasteiger partial charge in [-0.3, -0.25) is 9.59 Å². The Morgan fingerprint density at radius 2 is 1.75 bits per heavy atom. The van der Waals surface area contributed by atoms with Gasteiger partial charge in [-0.05, 0) is 25.1 Å². The van der Waals surface area contributed by atoms with E-state index in [0.717, 1.165) is 22.9 Å². The first kappa shape index (κ1) is 21.5. The molecule has 0 saturated heterocycles. The molecule has 0 radical (unpaired) electrons. The number of ether oxygens (including phenoxy) is 3. The van der Waals surface area contributed by atoms with E-state index in [9.17, 15) is 9.59 Å². The Kier molecular flexibility index (Phi) is 5.94. The average Bonchev–Trinajstić information content (AvgIpc) is 3.20. The Morgan fingerprint density at radius 1 is 1.06 bits per heavy atom. The molecule has 32 heavy (non-hydrogen) atoms. The van der Waals surface area contributed by atoms with Crippen LogP contribution in [0.15, 0.2) is 36.4 Å². The Balaban J connectivity index is 1.49. The van der Waals surface area contributed by atoms with Crippen LogP contribution in [-0.2, 0) is 17.8 Å². The molecule has 0 fully saturated rings. The first-order valence-electron chi connectivity index (χ1n) is 10.4. The Hall–Kier alpha value is -3.68. The Labute approximate surface area is 186 Å². The summed E-state index contributed by atoms with van der Waals surface area (Å²) >= 11 is 0. The summed E-state index contributed by atoms with van der Waals surface area (Å²) in [6.45, 7) is 2.81. The van der Waals surface area contributed by atoms with Gasteiger partial charge in [0.1, 0.15) is 6.04 Å². The summed E-state index contributed by atoms with van der Waals surface area (Å²) < 4.78 is 15.9. The largest absolute Gasteiger partial charge is 0.493 e. The number of fused-ring (bicyclic) bond motifs is 3. The SMILES string of the molecule is COc1cc(C(=O)N[C@@H](C)C(=O)N2CCc3[nH]c4ccccc4c3C2)cc(OC)c1OC. The van der Waals surface area contributed by atoms with Crippen molar-refractivity contribution in [3.8, 4) is 17.2 Å². The third kappa shape index (κ3) is 3.84. The summed E-state index contributed by atoms with van der Waals surface area (Å²) in [5, 5.41) is 3.93. The highest BCUT2D eigenvalue weighted by Crippen LogP contribution is 2.38. The molecule has 0 spiro atoms. The molecule has 0 saturated carbocycles. The average molecular weight is 437 g/mol. The molecule has 0 unspecified atom stereocenters. The number of aromatic nitrogens is 1. The minimum atomic E-state index is -0.687. The van der Waals surface area contributed by atoms with Crippen molar-refractivity contribution in [2.45, 2.75) is 25.9 Å². The smallest absolute Gasteiger partial charge is 0.252 e. The van der Waals surface area contributed by atoms with E-state index in [1.165, 1.54) is 27.0 Å². The summed E-state index contributed by atoms with van der Waals surface area (Å²) in [4.78, 5) is 31.2. The predicted molar refractivity (Wildman–Crippen MR) is 120 cm³/mol. The summed E-state index contributed by atoms with van der Waals surface area (Å²) in [6.07, 6.45) is 0.753. The van der Waals surface area contributed by atoms with Crippen molar-refractivity contribution >= 4 is 22.7 Å². The van der Waals surface area contributed by atoms with Gasteiger partial charge in [-0.15, -0.1) is 0 Å². The number of hydrogen-bond acceptors (Lipinski definition) is 5. The summed E-state index contributed by atoms with van der Waals surface area (Å²) in [7, 11) is 4.47. The fraction of sp³-hybridized carbons (Fsp3) is 0.333. The molecule has 4 rings (SSSR count). The molecule has 2 heterocycles. The monoisotopic (exact) mass is 437 g/mol. The number of methoxy groups -OCH3 is 3. The van der Waals surface area contributed by atoms with Gasteiger partial charge in [-0.1, -0.05) is 18.2 Å². The van der Waals surface area contributed by atoms with Gasteiger partial charge in [0.05, 0.1) is 21.3 Å².